The predicted octanol–water partition coefficient (Wildman–Crippen LogP) is 4.56. The molecule has 3 heterocycles. The van der Waals surface area contributed by atoms with E-state index in [0.717, 1.165) is 0 Å². The Morgan fingerprint density at radius 3 is 2.45 bits per heavy atom. The van der Waals surface area contributed by atoms with E-state index < -0.39 is 17.5 Å². The Balaban J connectivity index is 1.41. The second-order valence-corrected chi connectivity index (χ2v) is 10.3. The number of rotatable bonds is 9. The number of anilines is 1. The first-order chi connectivity index (χ1) is 20.2. The number of amides is 1. The van der Waals surface area contributed by atoms with Crippen LogP contribution < -0.4 is 25.1 Å². The Morgan fingerprint density at radius 2 is 1.79 bits per heavy atom. The summed E-state index contributed by atoms with van der Waals surface area (Å²) in [6, 6.07) is 9.22. The Bertz CT molecular complexity index is 1710. The number of ether oxygens (including phenoxy) is 3. The molecule has 0 fully saturated rings. The van der Waals surface area contributed by atoms with Crippen molar-refractivity contribution in [3.63, 3.8) is 0 Å². The van der Waals surface area contributed by atoms with Gasteiger partial charge in [0.25, 0.3) is 11.5 Å². The van der Waals surface area contributed by atoms with Gasteiger partial charge in [-0.3, -0.25) is 19.4 Å². The number of benzene rings is 1. The zero-order valence-corrected chi connectivity index (χ0v) is 23.8. The molecule has 0 unspecified atom stereocenters. The van der Waals surface area contributed by atoms with Crippen LogP contribution in [0, 0.1) is 5.92 Å². The number of methoxy groups -OCH3 is 2. The molecule has 218 valence electrons. The first-order valence-electron chi connectivity index (χ1n) is 13.6. The van der Waals surface area contributed by atoms with Crippen LogP contribution in [0.2, 0.25) is 0 Å². The third-order valence-corrected chi connectivity index (χ3v) is 7.40. The lowest BCUT2D eigenvalue weighted by Gasteiger charge is -2.28. The van der Waals surface area contributed by atoms with Gasteiger partial charge >= 0.3 is 0 Å². The van der Waals surface area contributed by atoms with E-state index in [2.05, 4.69) is 15.3 Å². The van der Waals surface area contributed by atoms with E-state index in [4.69, 9.17) is 14.2 Å². The number of carbonyl (C=O) groups is 2. The molecular formula is C31H32N4O7. The molecule has 4 aromatic rings. The van der Waals surface area contributed by atoms with Crippen molar-refractivity contribution in [2.24, 2.45) is 5.92 Å². The Hall–Kier alpha value is -4.77. The Morgan fingerprint density at radius 1 is 1.02 bits per heavy atom. The number of hydrogen-bond donors (Lipinski definition) is 2. The molecule has 11 nitrogen and oxygen atoms in total. The van der Waals surface area contributed by atoms with Crippen molar-refractivity contribution in [3.05, 3.63) is 76.0 Å². The minimum absolute atomic E-state index is 0.0954. The number of ketones is 1. The highest BCUT2D eigenvalue weighted by Gasteiger charge is 2.29. The highest BCUT2D eigenvalue weighted by molar-refractivity contribution is 6.06. The lowest BCUT2D eigenvalue weighted by atomic mass is 9.91. The quantitative estimate of drug-likeness (QED) is 0.295. The van der Waals surface area contributed by atoms with Crippen LogP contribution in [0.3, 0.4) is 0 Å². The van der Waals surface area contributed by atoms with Gasteiger partial charge in [-0.15, -0.1) is 0 Å². The molecule has 1 atom stereocenters. The molecule has 0 saturated carbocycles. The van der Waals surface area contributed by atoms with Crippen LogP contribution in [-0.4, -0.2) is 52.2 Å². The van der Waals surface area contributed by atoms with Crippen LogP contribution in [0.25, 0.3) is 10.9 Å². The third-order valence-electron chi connectivity index (χ3n) is 7.40. The molecule has 0 spiro atoms. The van der Waals surface area contributed by atoms with Crippen molar-refractivity contribution in [2.45, 2.75) is 39.2 Å². The van der Waals surface area contributed by atoms with E-state index in [1.54, 1.807) is 50.7 Å². The molecule has 0 radical (unpaired) electrons. The van der Waals surface area contributed by atoms with Crippen molar-refractivity contribution in [2.75, 3.05) is 26.1 Å². The summed E-state index contributed by atoms with van der Waals surface area (Å²) in [6.07, 6.45) is 4.54. The maximum absolute atomic E-state index is 13.6. The van der Waals surface area contributed by atoms with E-state index in [1.165, 1.54) is 16.8 Å². The Kier molecular flexibility index (Phi) is 8.21. The van der Waals surface area contributed by atoms with Gasteiger partial charge in [-0.05, 0) is 49.1 Å². The number of hydrogen-bond acceptors (Lipinski definition) is 9. The summed E-state index contributed by atoms with van der Waals surface area (Å²) >= 11 is 0. The number of nitrogens with one attached hydrogen (secondary N) is 1. The molecule has 1 aromatic carbocycles. The monoisotopic (exact) mass is 572 g/mol. The number of aliphatic hydroxyl groups excluding tert-OH is 1. The number of nitrogens with zero attached hydrogens (tertiary/aromatic N) is 3. The van der Waals surface area contributed by atoms with Gasteiger partial charge in [0, 0.05) is 35.3 Å². The van der Waals surface area contributed by atoms with Gasteiger partial charge in [-0.25, -0.2) is 4.98 Å². The minimum Gasteiger partial charge on any atom is -0.493 e. The summed E-state index contributed by atoms with van der Waals surface area (Å²) in [6.45, 7) is 3.47. The van der Waals surface area contributed by atoms with Crippen LogP contribution in [0.15, 0.2) is 53.6 Å². The summed E-state index contributed by atoms with van der Waals surface area (Å²) < 4.78 is 18.2. The maximum Gasteiger partial charge on any atom is 0.264 e. The van der Waals surface area contributed by atoms with Crippen molar-refractivity contribution >= 4 is 28.4 Å². The second kappa shape index (κ2) is 12.0. The van der Waals surface area contributed by atoms with E-state index in [0.29, 0.717) is 64.4 Å². The molecule has 5 rings (SSSR count). The van der Waals surface area contributed by atoms with Crippen LogP contribution in [0.1, 0.15) is 59.1 Å². The minimum atomic E-state index is -0.697. The fourth-order valence-electron chi connectivity index (χ4n) is 5.18. The molecule has 3 aromatic heterocycles. The highest BCUT2D eigenvalue weighted by Crippen LogP contribution is 2.37. The van der Waals surface area contributed by atoms with E-state index in [-0.39, 0.29) is 29.7 Å². The molecule has 42 heavy (non-hydrogen) atoms. The summed E-state index contributed by atoms with van der Waals surface area (Å²) in [5.41, 5.74) is 0.834. The Labute approximate surface area is 242 Å². The molecule has 0 bridgehead atoms. The van der Waals surface area contributed by atoms with Crippen molar-refractivity contribution in [1.29, 1.82) is 0 Å². The summed E-state index contributed by atoms with van der Waals surface area (Å²) in [5, 5.41) is 13.4. The number of aliphatic hydroxyl groups is 1. The van der Waals surface area contributed by atoms with E-state index in [9.17, 15) is 19.5 Å². The number of carbonyl (C=O) groups excluding carboxylic acids is 2. The average Bonchev–Trinajstić information content (AvgIpc) is 2.98. The number of Topliss-reactive ketones (excluding diaryl/α,β-unsaturated/α-hetero) is 1. The van der Waals surface area contributed by atoms with Gasteiger partial charge in [0.15, 0.2) is 17.3 Å². The average molecular weight is 573 g/mol. The first kappa shape index (κ1) is 28.7. The number of aromatic nitrogens is 3. The maximum atomic E-state index is 13.6. The molecule has 1 aliphatic carbocycles. The molecule has 0 aliphatic heterocycles. The fraction of sp³-hybridized carbons (Fsp3) is 0.323. The molecule has 11 heteroatoms. The zero-order valence-electron chi connectivity index (χ0n) is 23.8. The summed E-state index contributed by atoms with van der Waals surface area (Å²) in [7, 11) is 3.10. The zero-order chi connectivity index (χ0) is 30.0. The second-order valence-electron chi connectivity index (χ2n) is 10.3. The highest BCUT2D eigenvalue weighted by atomic mass is 16.5. The topological polar surface area (TPSA) is 142 Å². The third kappa shape index (κ3) is 5.42. The van der Waals surface area contributed by atoms with E-state index in [1.807, 2.05) is 13.8 Å². The van der Waals surface area contributed by atoms with Gasteiger partial charge in [0.05, 0.1) is 38.6 Å². The summed E-state index contributed by atoms with van der Waals surface area (Å²) in [4.78, 5) is 48.3. The predicted molar refractivity (Wildman–Crippen MR) is 156 cm³/mol. The van der Waals surface area contributed by atoms with Gasteiger partial charge in [0.1, 0.15) is 22.9 Å². The van der Waals surface area contributed by atoms with Gasteiger partial charge < -0.3 is 29.2 Å². The van der Waals surface area contributed by atoms with Crippen LogP contribution in [0.5, 0.6) is 23.0 Å². The standard InChI is InChI=1S/C31H32N4O7/c1-17(2)24(16-36)35-23-6-5-7-25(37)20(23)12-21(31(35)39)30(38)34-29-9-8-18(15-33-29)42-26-10-11-32-22-14-28(41-4)27(40-3)13-19(22)26/h8-15,17,24,36H,5-7,16H2,1-4H3,(H,33,34,38)/t24-/m0/s1. The van der Waals surface area contributed by atoms with E-state index >= 15 is 0 Å². The van der Waals surface area contributed by atoms with Crippen LogP contribution in [-0.2, 0) is 6.42 Å². The molecule has 1 amide bonds. The summed E-state index contributed by atoms with van der Waals surface area (Å²) in [5.74, 6) is 1.26. The van der Waals surface area contributed by atoms with Gasteiger partial charge in [-0.1, -0.05) is 13.8 Å². The van der Waals surface area contributed by atoms with Gasteiger partial charge in [-0.2, -0.15) is 0 Å². The lowest BCUT2D eigenvalue weighted by molar-refractivity contribution is 0.0967. The van der Waals surface area contributed by atoms with Gasteiger partial charge in [0.2, 0.25) is 0 Å². The molecule has 2 N–H and O–H groups in total. The fourth-order valence-corrected chi connectivity index (χ4v) is 5.18. The lowest BCUT2D eigenvalue weighted by Crippen LogP contribution is -2.39. The number of pyridine rings is 3. The molecule has 0 saturated heterocycles. The number of fused-ring (bicyclic) bond motifs is 2. The van der Waals surface area contributed by atoms with Crippen molar-refractivity contribution in [1.82, 2.24) is 14.5 Å². The van der Waals surface area contributed by atoms with Crippen molar-refractivity contribution < 1.29 is 28.9 Å². The normalized spacial score (nSPS) is 13.5. The smallest absolute Gasteiger partial charge is 0.264 e. The van der Waals surface area contributed by atoms with Crippen LogP contribution in [0.4, 0.5) is 5.82 Å². The molecule has 1 aliphatic rings. The van der Waals surface area contributed by atoms with Crippen LogP contribution >= 0.6 is 0 Å². The molecular weight excluding hydrogens is 540 g/mol. The largest absolute Gasteiger partial charge is 0.493 e. The SMILES string of the molecule is COc1cc2nccc(Oc3ccc(NC(=O)c4cc5c(n([C@@H](CO)C(C)C)c4=O)CCCC5=O)nc3)c2cc1OC. The first-order valence-corrected chi connectivity index (χ1v) is 13.6. The van der Waals surface area contributed by atoms with Crippen molar-refractivity contribution in [3.8, 4) is 23.0 Å².